The second-order valence-electron chi connectivity index (χ2n) is 6.82. The molecule has 142 valence electrons. The summed E-state index contributed by atoms with van der Waals surface area (Å²) in [5.74, 6) is 0. The number of amides is 4. The zero-order valence-electron chi connectivity index (χ0n) is 15.6. The van der Waals surface area contributed by atoms with Crippen molar-refractivity contribution in [2.45, 2.75) is 25.4 Å². The van der Waals surface area contributed by atoms with E-state index < -0.39 is 0 Å². The number of carbonyl (C=O) groups excluding carboxylic acids is 2. The van der Waals surface area contributed by atoms with Gasteiger partial charge >= 0.3 is 12.1 Å². The Hall–Kier alpha value is -3.22. The molecule has 27 heavy (non-hydrogen) atoms. The van der Waals surface area contributed by atoms with Gasteiger partial charge in [-0.1, -0.05) is 18.2 Å². The van der Waals surface area contributed by atoms with Crippen molar-refractivity contribution in [1.29, 1.82) is 0 Å². The van der Waals surface area contributed by atoms with Crippen molar-refractivity contribution in [2.75, 3.05) is 29.6 Å². The van der Waals surface area contributed by atoms with E-state index in [4.69, 9.17) is 0 Å². The molecule has 7 nitrogen and oxygen atoms in total. The molecule has 0 atom stereocenters. The van der Waals surface area contributed by atoms with Crippen LogP contribution in [0, 0.1) is 0 Å². The number of carbonyl (C=O) groups is 2. The van der Waals surface area contributed by atoms with Gasteiger partial charge in [-0.2, -0.15) is 0 Å². The van der Waals surface area contributed by atoms with Gasteiger partial charge in [0.1, 0.15) is 0 Å². The fraction of sp³-hybridized carbons (Fsp3) is 0.300. The van der Waals surface area contributed by atoms with E-state index in [1.807, 2.05) is 43.3 Å². The average Bonchev–Trinajstić information content (AvgIpc) is 3.44. The number of nitrogens with one attached hydrogen (secondary N) is 4. The summed E-state index contributed by atoms with van der Waals surface area (Å²) in [4.78, 5) is 25.9. The molecule has 0 radical (unpaired) electrons. The Morgan fingerprint density at radius 2 is 1.59 bits per heavy atom. The van der Waals surface area contributed by atoms with Gasteiger partial charge in [0.25, 0.3) is 0 Å². The Morgan fingerprint density at radius 1 is 0.963 bits per heavy atom. The molecule has 0 heterocycles. The maximum atomic E-state index is 12.1. The number of urea groups is 2. The molecule has 0 unspecified atom stereocenters. The Kier molecular flexibility index (Phi) is 5.80. The summed E-state index contributed by atoms with van der Waals surface area (Å²) in [7, 11) is 3.97. The number of hydrogen-bond acceptors (Lipinski definition) is 3. The van der Waals surface area contributed by atoms with Crippen LogP contribution in [0.25, 0.3) is 0 Å². The first-order valence-corrected chi connectivity index (χ1v) is 8.98. The fourth-order valence-electron chi connectivity index (χ4n) is 2.52. The maximum absolute atomic E-state index is 12.1. The lowest BCUT2D eigenvalue weighted by Crippen LogP contribution is -2.30. The largest absolute Gasteiger partial charge is 0.378 e. The number of nitrogens with zero attached hydrogens (tertiary/aromatic N) is 1. The monoisotopic (exact) mass is 367 g/mol. The van der Waals surface area contributed by atoms with E-state index in [9.17, 15) is 9.59 Å². The Morgan fingerprint density at radius 3 is 2.19 bits per heavy atom. The highest BCUT2D eigenvalue weighted by Crippen LogP contribution is 2.19. The zero-order valence-corrected chi connectivity index (χ0v) is 15.6. The van der Waals surface area contributed by atoms with E-state index in [0.717, 1.165) is 24.1 Å². The summed E-state index contributed by atoms with van der Waals surface area (Å²) < 4.78 is 0. The smallest absolute Gasteiger partial charge is 0.319 e. The van der Waals surface area contributed by atoms with Crippen LogP contribution in [0.1, 0.15) is 18.4 Å². The topological polar surface area (TPSA) is 85.5 Å². The molecule has 0 aromatic heterocycles. The van der Waals surface area contributed by atoms with Crippen LogP contribution in [0.5, 0.6) is 0 Å². The van der Waals surface area contributed by atoms with Gasteiger partial charge in [0.2, 0.25) is 0 Å². The normalized spacial score (nSPS) is 12.8. The van der Waals surface area contributed by atoms with Gasteiger partial charge in [0.05, 0.1) is 0 Å². The lowest BCUT2D eigenvalue weighted by atomic mass is 10.2. The van der Waals surface area contributed by atoms with E-state index in [1.165, 1.54) is 0 Å². The van der Waals surface area contributed by atoms with Crippen molar-refractivity contribution < 1.29 is 9.59 Å². The second-order valence-corrected chi connectivity index (χ2v) is 6.82. The molecule has 3 rings (SSSR count). The predicted octanol–water partition coefficient (Wildman–Crippen LogP) is 3.36. The maximum Gasteiger partial charge on any atom is 0.319 e. The van der Waals surface area contributed by atoms with Gasteiger partial charge in [0.15, 0.2) is 0 Å². The molecule has 7 heteroatoms. The van der Waals surface area contributed by atoms with Gasteiger partial charge in [0, 0.05) is 43.7 Å². The Bertz CT molecular complexity index is 800. The van der Waals surface area contributed by atoms with Gasteiger partial charge in [-0.15, -0.1) is 0 Å². The first kappa shape index (κ1) is 18.6. The van der Waals surface area contributed by atoms with Gasteiger partial charge in [-0.25, -0.2) is 9.59 Å². The molecule has 1 aliphatic rings. The summed E-state index contributed by atoms with van der Waals surface area (Å²) >= 11 is 0. The van der Waals surface area contributed by atoms with Crippen LogP contribution in [0.3, 0.4) is 0 Å². The SMILES string of the molecule is CN(C)c1ccc(CNC(=O)Nc2cccc(NC(=O)NC3CC3)c2)cc1. The standard InChI is InChI=1S/C20H25N5O2/c1-25(2)18-10-6-14(7-11-18)13-21-19(26)23-16-4-3-5-17(12-16)24-20(27)22-15-8-9-15/h3-7,10-12,15H,8-9,13H2,1-2H3,(H2,21,23,26)(H2,22,24,27). The molecular weight excluding hydrogens is 342 g/mol. The third kappa shape index (κ3) is 5.91. The van der Waals surface area contributed by atoms with Crippen LogP contribution in [0.15, 0.2) is 48.5 Å². The molecule has 1 saturated carbocycles. The first-order valence-electron chi connectivity index (χ1n) is 8.98. The number of hydrogen-bond donors (Lipinski definition) is 4. The molecule has 1 aliphatic carbocycles. The summed E-state index contributed by atoms with van der Waals surface area (Å²) in [5.41, 5.74) is 3.37. The van der Waals surface area contributed by atoms with Crippen LogP contribution in [-0.4, -0.2) is 32.2 Å². The van der Waals surface area contributed by atoms with Crippen molar-refractivity contribution in [2.24, 2.45) is 0 Å². The molecule has 4 amide bonds. The van der Waals surface area contributed by atoms with Crippen LogP contribution >= 0.6 is 0 Å². The third-order valence-corrected chi connectivity index (χ3v) is 4.20. The number of anilines is 3. The van der Waals surface area contributed by atoms with E-state index in [2.05, 4.69) is 21.3 Å². The molecule has 0 bridgehead atoms. The average molecular weight is 367 g/mol. The molecule has 2 aromatic carbocycles. The lowest BCUT2D eigenvalue weighted by molar-refractivity contribution is 0.251. The van der Waals surface area contributed by atoms with Crippen molar-refractivity contribution in [3.05, 3.63) is 54.1 Å². The summed E-state index contributed by atoms with van der Waals surface area (Å²) in [6, 6.07) is 14.8. The molecular formula is C20H25N5O2. The van der Waals surface area contributed by atoms with Crippen LogP contribution < -0.4 is 26.2 Å². The molecule has 4 N–H and O–H groups in total. The Labute approximate surface area is 159 Å². The van der Waals surface area contributed by atoms with Gasteiger partial charge in [-0.05, 0) is 48.7 Å². The van der Waals surface area contributed by atoms with Crippen molar-refractivity contribution in [3.63, 3.8) is 0 Å². The van der Waals surface area contributed by atoms with E-state index >= 15 is 0 Å². The lowest BCUT2D eigenvalue weighted by Gasteiger charge is -2.13. The second kappa shape index (κ2) is 8.44. The highest BCUT2D eigenvalue weighted by Gasteiger charge is 2.23. The van der Waals surface area contributed by atoms with E-state index in [1.54, 1.807) is 24.3 Å². The highest BCUT2D eigenvalue weighted by atomic mass is 16.2. The van der Waals surface area contributed by atoms with Gasteiger partial charge < -0.3 is 26.2 Å². The van der Waals surface area contributed by atoms with Gasteiger partial charge in [-0.3, -0.25) is 0 Å². The van der Waals surface area contributed by atoms with E-state index in [-0.39, 0.29) is 12.1 Å². The molecule has 0 aliphatic heterocycles. The fourth-order valence-corrected chi connectivity index (χ4v) is 2.52. The Balaban J connectivity index is 1.48. The summed E-state index contributed by atoms with van der Waals surface area (Å²) in [6.45, 7) is 0.432. The van der Waals surface area contributed by atoms with Crippen molar-refractivity contribution in [1.82, 2.24) is 10.6 Å². The van der Waals surface area contributed by atoms with Crippen LogP contribution in [0.2, 0.25) is 0 Å². The minimum absolute atomic E-state index is 0.222. The van der Waals surface area contributed by atoms with Crippen LogP contribution in [-0.2, 0) is 6.54 Å². The van der Waals surface area contributed by atoms with E-state index in [0.29, 0.717) is 24.0 Å². The minimum Gasteiger partial charge on any atom is -0.378 e. The summed E-state index contributed by atoms with van der Waals surface area (Å²) in [6.07, 6.45) is 2.07. The molecule has 0 spiro atoms. The zero-order chi connectivity index (χ0) is 19.2. The molecule has 1 fully saturated rings. The summed E-state index contributed by atoms with van der Waals surface area (Å²) in [5, 5.41) is 11.2. The third-order valence-electron chi connectivity index (χ3n) is 4.20. The number of benzene rings is 2. The highest BCUT2D eigenvalue weighted by molar-refractivity contribution is 5.92. The first-order chi connectivity index (χ1) is 13.0. The molecule has 0 saturated heterocycles. The van der Waals surface area contributed by atoms with Crippen molar-refractivity contribution >= 4 is 29.1 Å². The van der Waals surface area contributed by atoms with Crippen LogP contribution in [0.4, 0.5) is 26.7 Å². The predicted molar refractivity (Wildman–Crippen MR) is 108 cm³/mol. The molecule has 2 aromatic rings. The minimum atomic E-state index is -0.300. The quantitative estimate of drug-likeness (QED) is 0.632. The van der Waals surface area contributed by atoms with Crippen molar-refractivity contribution in [3.8, 4) is 0 Å². The number of rotatable bonds is 6.